The topological polar surface area (TPSA) is 219 Å². The molecule has 0 bridgehead atoms. The highest BCUT2D eigenvalue weighted by molar-refractivity contribution is 7.90. The van der Waals surface area contributed by atoms with Gasteiger partial charge in [0, 0.05) is 38.0 Å². The Balaban J connectivity index is 2.07. The Morgan fingerprint density at radius 3 is 2.12 bits per heavy atom. The van der Waals surface area contributed by atoms with E-state index in [-0.39, 0.29) is 43.7 Å². The van der Waals surface area contributed by atoms with Crippen molar-refractivity contribution < 1.29 is 41.9 Å². The Hall–Kier alpha value is -4.05. The molecule has 0 aliphatic carbocycles. The van der Waals surface area contributed by atoms with Crippen LogP contribution in [-0.2, 0) is 42.1 Å². The van der Waals surface area contributed by atoms with Gasteiger partial charge in [-0.1, -0.05) is 34.6 Å². The number of aryl methyl sites for hydroxylation is 2. The van der Waals surface area contributed by atoms with Gasteiger partial charge in [0.05, 0.1) is 17.9 Å². The molecule has 2 heterocycles. The first-order chi connectivity index (χ1) is 22.4. The van der Waals surface area contributed by atoms with Crippen LogP contribution in [0.4, 0.5) is 4.79 Å². The first kappa shape index (κ1) is 40.1. The third-order valence-electron chi connectivity index (χ3n) is 7.44. The summed E-state index contributed by atoms with van der Waals surface area (Å²) in [5, 5.41) is 21.7. The van der Waals surface area contributed by atoms with E-state index < -0.39 is 63.6 Å². The molecule has 5 atom stereocenters. The molecule has 48 heavy (non-hydrogen) atoms. The minimum absolute atomic E-state index is 0.0102. The lowest BCUT2D eigenvalue weighted by molar-refractivity contribution is -0.132. The number of aromatic nitrogens is 2. The lowest BCUT2D eigenvalue weighted by Crippen LogP contribution is -2.55. The van der Waals surface area contributed by atoms with E-state index in [1.807, 2.05) is 13.8 Å². The minimum Gasteiger partial charge on any atom is -0.446 e. The van der Waals surface area contributed by atoms with Gasteiger partial charge in [0.2, 0.25) is 17.7 Å². The van der Waals surface area contributed by atoms with Crippen molar-refractivity contribution in [2.24, 2.45) is 17.8 Å². The van der Waals surface area contributed by atoms with Gasteiger partial charge in [-0.2, -0.15) is 0 Å². The quantitative estimate of drug-likeness (QED) is 0.151. The molecule has 4 amide bonds. The molecule has 0 fully saturated rings. The van der Waals surface area contributed by atoms with Crippen LogP contribution in [0.3, 0.4) is 0 Å². The van der Waals surface area contributed by atoms with Gasteiger partial charge in [0.15, 0.2) is 5.89 Å². The summed E-state index contributed by atoms with van der Waals surface area (Å²) in [7, 11) is -3.75. The molecular formula is C32H50N6O9S. The molecule has 0 unspecified atom stereocenters. The second-order valence-electron chi connectivity index (χ2n) is 12.9. The fourth-order valence-corrected chi connectivity index (χ4v) is 5.72. The Morgan fingerprint density at radius 1 is 0.938 bits per heavy atom. The predicted molar refractivity (Wildman–Crippen MR) is 177 cm³/mol. The number of sulfone groups is 1. The highest BCUT2D eigenvalue weighted by Gasteiger charge is 2.33. The van der Waals surface area contributed by atoms with E-state index in [0.717, 1.165) is 11.8 Å². The van der Waals surface area contributed by atoms with Crippen LogP contribution in [0.5, 0.6) is 0 Å². The van der Waals surface area contributed by atoms with Crippen molar-refractivity contribution in [1.29, 1.82) is 0 Å². The normalized spacial score (nSPS) is 14.8. The molecule has 0 saturated heterocycles. The van der Waals surface area contributed by atoms with Crippen molar-refractivity contribution >= 4 is 33.7 Å². The zero-order valence-electron chi connectivity index (χ0n) is 28.9. The third kappa shape index (κ3) is 14.0. The number of aliphatic hydroxyl groups excluding tert-OH is 1. The van der Waals surface area contributed by atoms with E-state index in [9.17, 15) is 32.7 Å². The van der Waals surface area contributed by atoms with Crippen LogP contribution in [-0.4, -0.2) is 83.5 Å². The van der Waals surface area contributed by atoms with Crippen molar-refractivity contribution in [2.75, 3.05) is 12.0 Å². The van der Waals surface area contributed by atoms with E-state index in [2.05, 4.69) is 31.2 Å². The molecule has 0 aliphatic rings. The van der Waals surface area contributed by atoms with Crippen molar-refractivity contribution in [2.45, 2.75) is 98.7 Å². The fraction of sp³-hybridized carbons (Fsp3) is 0.625. The Morgan fingerprint density at radius 2 is 1.58 bits per heavy atom. The lowest BCUT2D eigenvalue weighted by atomic mass is 9.91. The first-order valence-corrected chi connectivity index (χ1v) is 17.9. The van der Waals surface area contributed by atoms with E-state index in [4.69, 9.17) is 9.15 Å². The average molecular weight is 695 g/mol. The molecule has 15 nitrogen and oxygen atoms in total. The number of amides is 4. The molecule has 2 rings (SSSR count). The number of aliphatic hydroxyl groups is 1. The molecule has 2 aromatic rings. The average Bonchev–Trinajstić information content (AvgIpc) is 3.32. The number of oxazole rings is 1. The summed E-state index contributed by atoms with van der Waals surface area (Å²) in [6, 6.07) is 0.286. The Labute approximate surface area is 282 Å². The second kappa shape index (κ2) is 18.5. The maximum atomic E-state index is 13.4. The zero-order chi connectivity index (χ0) is 36.2. The number of carbonyl (C=O) groups excluding carboxylic acids is 4. The molecule has 0 aromatic carbocycles. The van der Waals surface area contributed by atoms with E-state index in [1.165, 1.54) is 0 Å². The van der Waals surface area contributed by atoms with Crippen LogP contribution in [0.15, 0.2) is 28.9 Å². The van der Waals surface area contributed by atoms with Crippen LogP contribution in [0.2, 0.25) is 0 Å². The van der Waals surface area contributed by atoms with E-state index >= 15 is 0 Å². The number of hydrogen-bond donors (Lipinski definition) is 5. The minimum atomic E-state index is -3.75. The van der Waals surface area contributed by atoms with Crippen molar-refractivity contribution in [3.8, 4) is 0 Å². The summed E-state index contributed by atoms with van der Waals surface area (Å²) in [5.74, 6) is -2.56. The monoisotopic (exact) mass is 694 g/mol. The van der Waals surface area contributed by atoms with Gasteiger partial charge in [0.1, 0.15) is 40.0 Å². The van der Waals surface area contributed by atoms with Gasteiger partial charge in [-0.3, -0.25) is 19.4 Å². The van der Waals surface area contributed by atoms with Crippen LogP contribution in [0, 0.1) is 31.6 Å². The Kier molecular flexibility index (Phi) is 15.5. The summed E-state index contributed by atoms with van der Waals surface area (Å²) in [6.45, 7) is 12.2. The van der Waals surface area contributed by atoms with Crippen LogP contribution in [0.25, 0.3) is 0 Å². The summed E-state index contributed by atoms with van der Waals surface area (Å²) < 4.78 is 34.7. The molecule has 0 radical (unpaired) electrons. The standard InChI is InChI=1S/C32H50N6O9S/c1-18(2)13-24(36-30(41)26(17-48(8,44)45)37-32(43)46-16-25-21(6)47-22(7)35-25)27(39)14-20(5)29(40)38-28(19(3)4)31(42)34-15-23-9-11-33-12-10-23/h9-12,18-20,24,26-28,39H,13-17H2,1-8H3,(H,34,42)(H,36,41)(H,37,43)(H,38,40)/t20-,24-,26+,27+,28-/m1/s1. The number of hydrogen-bond acceptors (Lipinski definition) is 11. The van der Waals surface area contributed by atoms with Crippen LogP contribution < -0.4 is 21.3 Å². The van der Waals surface area contributed by atoms with Gasteiger partial charge in [-0.15, -0.1) is 0 Å². The summed E-state index contributed by atoms with van der Waals surface area (Å²) >= 11 is 0. The van der Waals surface area contributed by atoms with Crippen molar-refractivity contribution in [3.05, 3.63) is 47.4 Å². The largest absolute Gasteiger partial charge is 0.446 e. The molecule has 5 N–H and O–H groups in total. The highest BCUT2D eigenvalue weighted by Crippen LogP contribution is 2.17. The number of nitrogens with one attached hydrogen (secondary N) is 4. The van der Waals surface area contributed by atoms with Gasteiger partial charge < -0.3 is 35.5 Å². The fourth-order valence-electron chi connectivity index (χ4n) is 4.88. The summed E-state index contributed by atoms with van der Waals surface area (Å²) in [5.41, 5.74) is 1.22. The number of rotatable bonds is 18. The van der Waals surface area contributed by atoms with Crippen LogP contribution in [0.1, 0.15) is 70.4 Å². The van der Waals surface area contributed by atoms with Crippen molar-refractivity contribution in [3.63, 3.8) is 0 Å². The zero-order valence-corrected chi connectivity index (χ0v) is 29.7. The number of nitrogens with zero attached hydrogens (tertiary/aromatic N) is 2. The second-order valence-corrected chi connectivity index (χ2v) is 15.0. The SMILES string of the molecule is Cc1nc(COC(=O)N[C@@H](CS(C)(=O)=O)C(=O)N[C@H](CC(C)C)[C@@H](O)C[C@@H](C)C(=O)N[C@@H](C(=O)NCc2ccncc2)C(C)C)c(C)o1. The summed E-state index contributed by atoms with van der Waals surface area (Å²) in [6.07, 6.45) is 2.10. The molecule has 0 aliphatic heterocycles. The van der Waals surface area contributed by atoms with Crippen molar-refractivity contribution in [1.82, 2.24) is 31.2 Å². The number of alkyl carbamates (subject to hydrolysis) is 1. The molecular weight excluding hydrogens is 644 g/mol. The van der Waals surface area contributed by atoms with Gasteiger partial charge in [0.25, 0.3) is 0 Å². The predicted octanol–water partition coefficient (Wildman–Crippen LogP) is 1.70. The maximum Gasteiger partial charge on any atom is 0.408 e. The van der Waals surface area contributed by atoms with Gasteiger partial charge >= 0.3 is 6.09 Å². The van der Waals surface area contributed by atoms with Crippen LogP contribution >= 0.6 is 0 Å². The smallest absolute Gasteiger partial charge is 0.408 e. The van der Waals surface area contributed by atoms with E-state index in [1.54, 1.807) is 59.1 Å². The number of carbonyl (C=O) groups is 4. The molecule has 0 saturated carbocycles. The molecule has 0 spiro atoms. The highest BCUT2D eigenvalue weighted by atomic mass is 32.2. The first-order valence-electron chi connectivity index (χ1n) is 15.9. The maximum absolute atomic E-state index is 13.4. The third-order valence-corrected chi connectivity index (χ3v) is 8.38. The number of pyridine rings is 1. The molecule has 268 valence electrons. The lowest BCUT2D eigenvalue weighted by Gasteiger charge is -2.30. The number of ether oxygens (including phenoxy) is 1. The van der Waals surface area contributed by atoms with Gasteiger partial charge in [-0.05, 0) is 49.3 Å². The van der Waals surface area contributed by atoms with E-state index in [0.29, 0.717) is 17.3 Å². The summed E-state index contributed by atoms with van der Waals surface area (Å²) in [4.78, 5) is 60.1. The van der Waals surface area contributed by atoms with Gasteiger partial charge in [-0.25, -0.2) is 18.2 Å². The Bertz CT molecular complexity index is 1480. The molecule has 16 heteroatoms. The molecule has 2 aromatic heterocycles.